The van der Waals surface area contributed by atoms with Gasteiger partial charge in [-0.05, 0) is 0 Å². The summed E-state index contributed by atoms with van der Waals surface area (Å²) in [5.74, 6) is 0. The largest absolute Gasteiger partial charge is 0.379 e. The van der Waals surface area contributed by atoms with E-state index in [1.807, 2.05) is 9.34 Å². The zero-order valence-electron chi connectivity index (χ0n) is 8.22. The van der Waals surface area contributed by atoms with Gasteiger partial charge >= 0.3 is 0 Å². The Morgan fingerprint density at radius 3 is 1.50 bits per heavy atom. The van der Waals surface area contributed by atoms with E-state index in [0.29, 0.717) is 26.4 Å². The Morgan fingerprint density at radius 1 is 0.786 bits per heavy atom. The zero-order chi connectivity index (χ0) is 9.80. The number of rotatable bonds is 2. The quantitative estimate of drug-likeness (QED) is 0.625. The van der Waals surface area contributed by atoms with Crippen LogP contribution in [0, 0.1) is 0 Å². The van der Waals surface area contributed by atoms with Crippen LogP contribution in [0.4, 0.5) is 0 Å². The summed E-state index contributed by atoms with van der Waals surface area (Å²) in [6.07, 6.45) is 0. The number of nitrogens with zero attached hydrogens (tertiary/aromatic N) is 2. The fourth-order valence-corrected chi connectivity index (χ4v) is 3.00. The van der Waals surface area contributed by atoms with E-state index in [4.69, 9.17) is 9.47 Å². The second-order valence-corrected chi connectivity index (χ2v) is 5.02. The maximum atomic E-state index is 12.0. The minimum Gasteiger partial charge on any atom is -0.379 e. The molecule has 5 nitrogen and oxygen atoms in total. The van der Waals surface area contributed by atoms with Crippen molar-refractivity contribution in [3.8, 4) is 0 Å². The van der Waals surface area contributed by atoms with Gasteiger partial charge in [0.1, 0.15) is 0 Å². The summed E-state index contributed by atoms with van der Waals surface area (Å²) in [7, 11) is -1.36. The SMILES string of the molecule is O=[P](N1CCOCC1)N1CCOCC1. The fourth-order valence-electron chi connectivity index (χ4n) is 1.63. The second kappa shape index (κ2) is 5.14. The first-order chi connectivity index (χ1) is 6.88. The van der Waals surface area contributed by atoms with Crippen LogP contribution >= 0.6 is 8.10 Å². The maximum absolute atomic E-state index is 12.0. The van der Waals surface area contributed by atoms with Crippen LogP contribution in [0.2, 0.25) is 0 Å². The van der Waals surface area contributed by atoms with Gasteiger partial charge in [-0.3, -0.25) is 4.57 Å². The lowest BCUT2D eigenvalue weighted by Crippen LogP contribution is -2.38. The van der Waals surface area contributed by atoms with Crippen molar-refractivity contribution in [1.82, 2.24) is 9.34 Å². The Hall–Kier alpha value is -0.0600. The van der Waals surface area contributed by atoms with E-state index >= 15 is 0 Å². The van der Waals surface area contributed by atoms with Crippen LogP contribution in [0.15, 0.2) is 0 Å². The average Bonchev–Trinajstić information content (AvgIpc) is 2.30. The maximum Gasteiger partial charge on any atom is 0.229 e. The summed E-state index contributed by atoms with van der Waals surface area (Å²) in [6.45, 7) is 5.94. The fraction of sp³-hybridized carbons (Fsp3) is 1.00. The van der Waals surface area contributed by atoms with Crippen molar-refractivity contribution in [2.24, 2.45) is 0 Å². The molecule has 2 saturated heterocycles. The smallest absolute Gasteiger partial charge is 0.229 e. The summed E-state index contributed by atoms with van der Waals surface area (Å²) in [5, 5.41) is 0. The summed E-state index contributed by atoms with van der Waals surface area (Å²) >= 11 is 0. The second-order valence-electron chi connectivity index (χ2n) is 3.38. The highest BCUT2D eigenvalue weighted by atomic mass is 31.1. The average molecular weight is 219 g/mol. The molecule has 0 saturated carbocycles. The lowest BCUT2D eigenvalue weighted by molar-refractivity contribution is 0.0560. The number of hydrogen-bond acceptors (Lipinski definition) is 3. The van der Waals surface area contributed by atoms with Crippen LogP contribution in [-0.2, 0) is 14.0 Å². The van der Waals surface area contributed by atoms with E-state index in [9.17, 15) is 4.57 Å². The molecule has 2 aliphatic rings. The van der Waals surface area contributed by atoms with Gasteiger partial charge in [-0.2, -0.15) is 0 Å². The Morgan fingerprint density at radius 2 is 1.14 bits per heavy atom. The topological polar surface area (TPSA) is 42.0 Å². The Kier molecular flexibility index (Phi) is 3.84. The minimum atomic E-state index is -1.36. The van der Waals surface area contributed by atoms with Gasteiger partial charge in [0.15, 0.2) is 0 Å². The van der Waals surface area contributed by atoms with Crippen LogP contribution in [0.5, 0.6) is 0 Å². The molecular formula is C8H16N2O3P. The predicted octanol–water partition coefficient (Wildman–Crippen LogP) is 0.308. The first kappa shape index (κ1) is 10.5. The van der Waals surface area contributed by atoms with Gasteiger partial charge in [-0.25, -0.2) is 9.34 Å². The molecule has 0 bridgehead atoms. The Balaban J connectivity index is 1.85. The molecule has 0 spiro atoms. The summed E-state index contributed by atoms with van der Waals surface area (Å²) in [6, 6.07) is 0. The molecule has 0 amide bonds. The molecule has 0 unspecified atom stereocenters. The first-order valence-electron chi connectivity index (χ1n) is 5.00. The van der Waals surface area contributed by atoms with Gasteiger partial charge in [0.2, 0.25) is 8.10 Å². The lowest BCUT2D eigenvalue weighted by Gasteiger charge is -2.32. The molecule has 14 heavy (non-hydrogen) atoms. The highest BCUT2D eigenvalue weighted by molar-refractivity contribution is 7.39. The molecule has 6 heteroatoms. The summed E-state index contributed by atoms with van der Waals surface area (Å²) < 4.78 is 26.5. The molecule has 2 fully saturated rings. The standard InChI is InChI=1S/C8H16N2O3P/c11-14(9-1-5-12-6-2-9)10-3-7-13-8-4-10/h1-8H2. The number of ether oxygens (including phenoxy) is 2. The van der Waals surface area contributed by atoms with E-state index in [0.717, 1.165) is 26.2 Å². The monoisotopic (exact) mass is 219 g/mol. The highest BCUT2D eigenvalue weighted by Crippen LogP contribution is 2.32. The predicted molar refractivity (Wildman–Crippen MR) is 52.4 cm³/mol. The van der Waals surface area contributed by atoms with Gasteiger partial charge in [0, 0.05) is 26.2 Å². The third-order valence-corrected chi connectivity index (χ3v) is 4.23. The molecule has 81 valence electrons. The van der Waals surface area contributed by atoms with Crippen molar-refractivity contribution >= 4 is 8.10 Å². The van der Waals surface area contributed by atoms with Crippen LogP contribution in [0.25, 0.3) is 0 Å². The highest BCUT2D eigenvalue weighted by Gasteiger charge is 2.24. The third kappa shape index (κ3) is 2.49. The van der Waals surface area contributed by atoms with E-state index < -0.39 is 8.10 Å². The lowest BCUT2D eigenvalue weighted by atomic mass is 10.5. The van der Waals surface area contributed by atoms with E-state index in [1.165, 1.54) is 0 Å². The van der Waals surface area contributed by atoms with E-state index in [1.54, 1.807) is 0 Å². The normalized spacial score (nSPS) is 26.3. The molecule has 0 atom stereocenters. The van der Waals surface area contributed by atoms with Gasteiger partial charge in [-0.15, -0.1) is 0 Å². The van der Waals surface area contributed by atoms with Crippen LogP contribution in [0.1, 0.15) is 0 Å². The van der Waals surface area contributed by atoms with E-state index in [-0.39, 0.29) is 0 Å². The minimum absolute atomic E-state index is 0.700. The summed E-state index contributed by atoms with van der Waals surface area (Å²) in [4.78, 5) is 0. The molecule has 1 radical (unpaired) electrons. The number of hydrogen-bond donors (Lipinski definition) is 0. The van der Waals surface area contributed by atoms with Gasteiger partial charge in [-0.1, -0.05) is 0 Å². The molecule has 2 rings (SSSR count). The Bertz CT molecular complexity index is 183. The van der Waals surface area contributed by atoms with Crippen molar-refractivity contribution in [2.75, 3.05) is 52.6 Å². The van der Waals surface area contributed by atoms with Gasteiger partial charge in [0.25, 0.3) is 0 Å². The Labute approximate surface area is 84.8 Å². The molecule has 2 aliphatic heterocycles. The van der Waals surface area contributed by atoms with Crippen LogP contribution < -0.4 is 0 Å². The molecule has 0 N–H and O–H groups in total. The number of morpholine rings is 2. The van der Waals surface area contributed by atoms with Gasteiger partial charge in [0.05, 0.1) is 26.4 Å². The molecule has 0 aliphatic carbocycles. The van der Waals surface area contributed by atoms with Crippen molar-refractivity contribution in [3.63, 3.8) is 0 Å². The molecule has 0 aromatic heterocycles. The van der Waals surface area contributed by atoms with Crippen molar-refractivity contribution < 1.29 is 14.0 Å². The third-order valence-electron chi connectivity index (χ3n) is 2.46. The molecule has 0 aromatic carbocycles. The molecular weight excluding hydrogens is 203 g/mol. The van der Waals surface area contributed by atoms with Crippen molar-refractivity contribution in [2.45, 2.75) is 0 Å². The summed E-state index contributed by atoms with van der Waals surface area (Å²) in [5.41, 5.74) is 0. The molecule has 0 aromatic rings. The molecule has 2 heterocycles. The van der Waals surface area contributed by atoms with Crippen molar-refractivity contribution in [3.05, 3.63) is 0 Å². The van der Waals surface area contributed by atoms with Crippen LogP contribution in [0.3, 0.4) is 0 Å². The first-order valence-corrected chi connectivity index (χ1v) is 6.17. The van der Waals surface area contributed by atoms with E-state index in [2.05, 4.69) is 0 Å². The van der Waals surface area contributed by atoms with Crippen molar-refractivity contribution in [1.29, 1.82) is 0 Å². The van der Waals surface area contributed by atoms with Crippen LogP contribution in [-0.4, -0.2) is 61.9 Å². The van der Waals surface area contributed by atoms with Gasteiger partial charge < -0.3 is 9.47 Å². The zero-order valence-corrected chi connectivity index (χ0v) is 9.12.